The van der Waals surface area contributed by atoms with E-state index in [4.69, 9.17) is 0 Å². The zero-order valence-electron chi connectivity index (χ0n) is 14.6. The van der Waals surface area contributed by atoms with E-state index in [1.165, 1.54) is 56.7 Å². The monoisotopic (exact) mass is 351 g/mol. The highest BCUT2D eigenvalue weighted by molar-refractivity contribution is 8.00. The van der Waals surface area contributed by atoms with Crippen LogP contribution in [0.4, 0.5) is 0 Å². The van der Waals surface area contributed by atoms with Gasteiger partial charge in [0.05, 0.1) is 11.3 Å². The molecule has 3 rings (SSSR count). The number of rotatable bonds is 5. The number of hydrogen-bond acceptors (Lipinski definition) is 5. The minimum Gasteiger partial charge on any atom is -0.352 e. The van der Waals surface area contributed by atoms with Crippen molar-refractivity contribution in [3.05, 3.63) is 0 Å². The van der Waals surface area contributed by atoms with Crippen molar-refractivity contribution in [2.45, 2.75) is 100 Å². The average molecular weight is 352 g/mol. The Morgan fingerprint density at radius 3 is 2.42 bits per heavy atom. The molecule has 24 heavy (non-hydrogen) atoms. The number of nitrogens with one attached hydrogen (secondary N) is 1. The van der Waals surface area contributed by atoms with Crippen LogP contribution >= 0.6 is 11.8 Å². The van der Waals surface area contributed by atoms with Crippen LogP contribution in [-0.4, -0.2) is 37.4 Å². The van der Waals surface area contributed by atoms with Crippen LogP contribution in [0.25, 0.3) is 0 Å². The smallest absolute Gasteiger partial charge is 0.233 e. The van der Waals surface area contributed by atoms with Gasteiger partial charge in [0.2, 0.25) is 11.1 Å². The third-order valence-electron chi connectivity index (χ3n) is 5.24. The molecule has 1 aromatic heterocycles. The molecular formula is C17H29N5OS. The molecule has 0 radical (unpaired) electrons. The molecule has 2 aliphatic carbocycles. The molecule has 1 aromatic rings. The number of carbonyl (C=O) groups is 1. The Morgan fingerprint density at radius 2 is 1.71 bits per heavy atom. The lowest BCUT2D eigenvalue weighted by Gasteiger charge is -2.23. The van der Waals surface area contributed by atoms with Crippen molar-refractivity contribution in [3.8, 4) is 0 Å². The van der Waals surface area contributed by atoms with Crippen LogP contribution in [0.3, 0.4) is 0 Å². The predicted octanol–water partition coefficient (Wildman–Crippen LogP) is 3.50. The number of tetrazole rings is 1. The van der Waals surface area contributed by atoms with Gasteiger partial charge in [-0.15, -0.1) is 5.10 Å². The summed E-state index contributed by atoms with van der Waals surface area (Å²) in [6.45, 7) is 1.95. The summed E-state index contributed by atoms with van der Waals surface area (Å²) in [4.78, 5) is 12.5. The van der Waals surface area contributed by atoms with E-state index < -0.39 is 0 Å². The van der Waals surface area contributed by atoms with Crippen molar-refractivity contribution in [2.75, 3.05) is 0 Å². The second-order valence-electron chi connectivity index (χ2n) is 7.16. The fourth-order valence-electron chi connectivity index (χ4n) is 3.77. The van der Waals surface area contributed by atoms with Gasteiger partial charge in [-0.2, -0.15) is 0 Å². The number of aromatic nitrogens is 4. The van der Waals surface area contributed by atoms with Crippen LogP contribution in [0, 0.1) is 0 Å². The molecule has 0 bridgehead atoms. The highest BCUT2D eigenvalue weighted by atomic mass is 32.2. The number of carbonyl (C=O) groups excluding carboxylic acids is 1. The molecular weight excluding hydrogens is 322 g/mol. The maximum atomic E-state index is 12.5. The number of amides is 1. The van der Waals surface area contributed by atoms with Crippen molar-refractivity contribution in [1.82, 2.24) is 25.5 Å². The normalized spacial score (nSPS) is 22.0. The fourth-order valence-corrected chi connectivity index (χ4v) is 4.64. The van der Waals surface area contributed by atoms with Gasteiger partial charge in [-0.25, -0.2) is 4.68 Å². The molecule has 1 N–H and O–H groups in total. The molecule has 2 fully saturated rings. The number of hydrogen-bond donors (Lipinski definition) is 1. The van der Waals surface area contributed by atoms with Gasteiger partial charge in [0.1, 0.15) is 0 Å². The largest absolute Gasteiger partial charge is 0.352 e. The lowest BCUT2D eigenvalue weighted by molar-refractivity contribution is -0.121. The van der Waals surface area contributed by atoms with Gasteiger partial charge in [-0.05, 0) is 43.0 Å². The van der Waals surface area contributed by atoms with E-state index in [1.807, 2.05) is 11.6 Å². The third kappa shape index (κ3) is 4.71. The van der Waals surface area contributed by atoms with Gasteiger partial charge in [-0.1, -0.05) is 56.7 Å². The molecule has 6 nitrogen and oxygen atoms in total. The van der Waals surface area contributed by atoms with Crippen molar-refractivity contribution in [1.29, 1.82) is 0 Å². The first-order valence-corrected chi connectivity index (χ1v) is 10.4. The Balaban J connectivity index is 1.55. The maximum Gasteiger partial charge on any atom is 0.233 e. The molecule has 7 heteroatoms. The first kappa shape index (κ1) is 17.7. The summed E-state index contributed by atoms with van der Waals surface area (Å²) in [6, 6.07) is 0.741. The van der Waals surface area contributed by atoms with Crippen LogP contribution < -0.4 is 5.32 Å². The molecule has 2 aliphatic rings. The van der Waals surface area contributed by atoms with Gasteiger partial charge < -0.3 is 5.32 Å². The Bertz CT molecular complexity index is 521. The summed E-state index contributed by atoms with van der Waals surface area (Å²) in [6.07, 6.45) is 13.4. The Kier molecular flexibility index (Phi) is 6.51. The van der Waals surface area contributed by atoms with Crippen molar-refractivity contribution >= 4 is 17.7 Å². The standard InChI is InChI=1S/C17H29N5OS/c1-13(16(23)18-14-9-5-2-3-6-10-14)24-17-19-20-21-22(17)15-11-7-4-8-12-15/h13-15H,2-12H2,1H3,(H,18,23). The first-order chi connectivity index (χ1) is 11.7. The average Bonchev–Trinajstić information content (AvgIpc) is 2.91. The van der Waals surface area contributed by atoms with Gasteiger partial charge in [0.25, 0.3) is 0 Å². The van der Waals surface area contributed by atoms with Crippen LogP contribution in [-0.2, 0) is 4.79 Å². The molecule has 134 valence electrons. The number of thioether (sulfide) groups is 1. The Hall–Kier alpha value is -1.11. The minimum atomic E-state index is -0.165. The molecule has 1 unspecified atom stereocenters. The minimum absolute atomic E-state index is 0.116. The molecule has 1 amide bonds. The molecule has 0 aromatic carbocycles. The van der Waals surface area contributed by atoms with E-state index in [0.29, 0.717) is 12.1 Å². The lowest BCUT2D eigenvalue weighted by Crippen LogP contribution is -2.39. The number of nitrogens with zero attached hydrogens (tertiary/aromatic N) is 4. The lowest BCUT2D eigenvalue weighted by atomic mass is 9.96. The fraction of sp³-hybridized carbons (Fsp3) is 0.882. The van der Waals surface area contributed by atoms with Gasteiger partial charge >= 0.3 is 0 Å². The summed E-state index contributed by atoms with van der Waals surface area (Å²) in [5, 5.41) is 16.0. The summed E-state index contributed by atoms with van der Waals surface area (Å²) < 4.78 is 1.94. The zero-order valence-corrected chi connectivity index (χ0v) is 15.4. The van der Waals surface area contributed by atoms with Crippen LogP contribution in [0.5, 0.6) is 0 Å². The van der Waals surface area contributed by atoms with E-state index in [-0.39, 0.29) is 11.2 Å². The molecule has 1 atom stereocenters. The second-order valence-corrected chi connectivity index (χ2v) is 8.46. The second kappa shape index (κ2) is 8.83. The summed E-state index contributed by atoms with van der Waals surface area (Å²) >= 11 is 1.49. The first-order valence-electron chi connectivity index (χ1n) is 9.49. The van der Waals surface area contributed by atoms with E-state index >= 15 is 0 Å². The van der Waals surface area contributed by atoms with E-state index in [2.05, 4.69) is 20.8 Å². The predicted molar refractivity (Wildman–Crippen MR) is 94.9 cm³/mol. The topological polar surface area (TPSA) is 72.7 Å². The van der Waals surface area contributed by atoms with Crippen molar-refractivity contribution in [2.24, 2.45) is 0 Å². The summed E-state index contributed by atoms with van der Waals surface area (Å²) in [7, 11) is 0. The van der Waals surface area contributed by atoms with Crippen LogP contribution in [0.2, 0.25) is 0 Å². The Morgan fingerprint density at radius 1 is 1.08 bits per heavy atom. The zero-order chi connectivity index (χ0) is 16.8. The maximum absolute atomic E-state index is 12.5. The third-order valence-corrected chi connectivity index (χ3v) is 6.28. The highest BCUT2D eigenvalue weighted by Crippen LogP contribution is 2.31. The molecule has 0 aliphatic heterocycles. The van der Waals surface area contributed by atoms with Crippen molar-refractivity contribution < 1.29 is 4.79 Å². The Labute approximate surface area is 148 Å². The summed E-state index contributed by atoms with van der Waals surface area (Å²) in [5.74, 6) is 0.116. The van der Waals surface area contributed by atoms with Crippen molar-refractivity contribution in [3.63, 3.8) is 0 Å². The molecule has 2 saturated carbocycles. The van der Waals surface area contributed by atoms with Gasteiger partial charge in [0, 0.05) is 6.04 Å². The van der Waals surface area contributed by atoms with Crippen LogP contribution in [0.1, 0.15) is 83.6 Å². The molecule has 1 heterocycles. The highest BCUT2D eigenvalue weighted by Gasteiger charge is 2.25. The van der Waals surface area contributed by atoms with E-state index in [0.717, 1.165) is 30.8 Å². The molecule has 0 saturated heterocycles. The SMILES string of the molecule is CC(Sc1nnnn1C1CCCCC1)C(=O)NC1CCCCCC1. The molecule has 0 spiro atoms. The van der Waals surface area contributed by atoms with Gasteiger partial charge in [0.15, 0.2) is 0 Å². The van der Waals surface area contributed by atoms with Gasteiger partial charge in [-0.3, -0.25) is 4.79 Å². The van der Waals surface area contributed by atoms with E-state index in [9.17, 15) is 4.79 Å². The quantitative estimate of drug-likeness (QED) is 0.649. The summed E-state index contributed by atoms with van der Waals surface area (Å²) in [5.41, 5.74) is 0. The van der Waals surface area contributed by atoms with Crippen LogP contribution in [0.15, 0.2) is 5.16 Å². The van der Waals surface area contributed by atoms with E-state index in [1.54, 1.807) is 0 Å².